The fourth-order valence-electron chi connectivity index (χ4n) is 3.60. The van der Waals surface area contributed by atoms with Crippen molar-refractivity contribution < 1.29 is 13.2 Å². The van der Waals surface area contributed by atoms with E-state index in [9.17, 15) is 13.2 Å². The molecule has 1 unspecified atom stereocenters. The molecule has 0 spiro atoms. The van der Waals surface area contributed by atoms with Crippen LogP contribution in [0.2, 0.25) is 0 Å². The molecule has 0 radical (unpaired) electrons. The Bertz CT molecular complexity index is 1090. The Labute approximate surface area is 174 Å². The van der Waals surface area contributed by atoms with Gasteiger partial charge in [-0.1, -0.05) is 18.6 Å². The van der Waals surface area contributed by atoms with Gasteiger partial charge in [0.1, 0.15) is 5.01 Å². The molecule has 6 nitrogen and oxygen atoms in total. The smallest absolute Gasteiger partial charge is 0.251 e. The topological polar surface area (TPSA) is 79.4 Å². The number of carbonyl (C=O) groups is 1. The maximum Gasteiger partial charge on any atom is 0.251 e. The lowest BCUT2D eigenvalue weighted by Crippen LogP contribution is -2.41. The first-order valence-corrected chi connectivity index (χ1v) is 12.0. The highest BCUT2D eigenvalue weighted by atomic mass is 32.2. The summed E-state index contributed by atoms with van der Waals surface area (Å²) in [5.41, 5.74) is 1.35. The molecule has 0 bridgehead atoms. The third kappa shape index (κ3) is 4.19. The molecule has 1 amide bonds. The van der Waals surface area contributed by atoms with Crippen LogP contribution in [-0.4, -0.2) is 36.2 Å². The number of para-hydroxylation sites is 1. The van der Waals surface area contributed by atoms with Gasteiger partial charge in [0.2, 0.25) is 10.0 Å². The van der Waals surface area contributed by atoms with Crippen molar-refractivity contribution in [3.8, 4) is 0 Å². The van der Waals surface area contributed by atoms with Crippen molar-refractivity contribution in [2.75, 3.05) is 6.54 Å². The van der Waals surface area contributed by atoms with Crippen molar-refractivity contribution in [1.29, 1.82) is 0 Å². The van der Waals surface area contributed by atoms with E-state index in [0.29, 0.717) is 18.7 Å². The summed E-state index contributed by atoms with van der Waals surface area (Å²) in [6, 6.07) is 14.0. The van der Waals surface area contributed by atoms with E-state index in [1.54, 1.807) is 27.8 Å². The lowest BCUT2D eigenvalue weighted by atomic mass is 10.1. The van der Waals surface area contributed by atoms with Gasteiger partial charge < -0.3 is 5.32 Å². The lowest BCUT2D eigenvalue weighted by molar-refractivity contribution is 0.0950. The van der Waals surface area contributed by atoms with E-state index in [1.165, 1.54) is 12.1 Å². The van der Waals surface area contributed by atoms with Crippen LogP contribution in [0.15, 0.2) is 53.4 Å². The van der Waals surface area contributed by atoms with Crippen molar-refractivity contribution in [3.63, 3.8) is 0 Å². The monoisotopic (exact) mass is 429 g/mol. The van der Waals surface area contributed by atoms with Crippen molar-refractivity contribution in [1.82, 2.24) is 14.6 Å². The second-order valence-electron chi connectivity index (χ2n) is 7.24. The van der Waals surface area contributed by atoms with Crippen LogP contribution in [0.5, 0.6) is 0 Å². The normalized spacial score (nSPS) is 18.0. The number of nitrogens with one attached hydrogen (secondary N) is 1. The number of benzene rings is 2. The maximum absolute atomic E-state index is 12.9. The first-order valence-electron chi connectivity index (χ1n) is 9.70. The molecule has 29 heavy (non-hydrogen) atoms. The molecule has 2 aromatic carbocycles. The zero-order chi connectivity index (χ0) is 20.4. The highest BCUT2D eigenvalue weighted by Crippen LogP contribution is 2.25. The zero-order valence-electron chi connectivity index (χ0n) is 16.2. The van der Waals surface area contributed by atoms with Gasteiger partial charge in [-0.25, -0.2) is 13.4 Å². The van der Waals surface area contributed by atoms with Crippen LogP contribution in [0, 0.1) is 0 Å². The number of sulfonamides is 1. The standard InChI is InChI=1S/C21H23N3O3S2/c1-15-6-4-5-13-24(15)29(26,27)17-11-9-16(10-12-17)21(25)22-14-20-23-18-7-2-3-8-19(18)28-20/h2-3,7-12,15H,4-6,13-14H2,1H3,(H,22,25). The molecule has 1 aliphatic heterocycles. The van der Waals surface area contributed by atoms with Gasteiger partial charge in [0.25, 0.3) is 5.91 Å². The molecule has 1 fully saturated rings. The van der Waals surface area contributed by atoms with Crippen LogP contribution >= 0.6 is 11.3 Å². The molecule has 0 saturated carbocycles. The largest absolute Gasteiger partial charge is 0.346 e. The van der Waals surface area contributed by atoms with E-state index in [0.717, 1.165) is 34.5 Å². The molecular weight excluding hydrogens is 406 g/mol. The van der Waals surface area contributed by atoms with Gasteiger partial charge in [-0.2, -0.15) is 4.31 Å². The van der Waals surface area contributed by atoms with Gasteiger partial charge in [0, 0.05) is 18.2 Å². The number of nitrogens with zero attached hydrogens (tertiary/aromatic N) is 2. The second kappa shape index (κ2) is 8.22. The van der Waals surface area contributed by atoms with Gasteiger partial charge in [-0.15, -0.1) is 11.3 Å². The summed E-state index contributed by atoms with van der Waals surface area (Å²) < 4.78 is 28.4. The van der Waals surface area contributed by atoms with Crippen molar-refractivity contribution in [2.24, 2.45) is 0 Å². The minimum Gasteiger partial charge on any atom is -0.346 e. The third-order valence-corrected chi connectivity index (χ3v) is 8.27. The number of amides is 1. The number of hydrogen-bond acceptors (Lipinski definition) is 5. The summed E-state index contributed by atoms with van der Waals surface area (Å²) in [6.45, 7) is 2.83. The Morgan fingerprint density at radius 1 is 1.17 bits per heavy atom. The number of carbonyl (C=O) groups excluding carboxylic acids is 1. The first kappa shape index (κ1) is 20.0. The van der Waals surface area contributed by atoms with Crippen LogP contribution in [-0.2, 0) is 16.6 Å². The van der Waals surface area contributed by atoms with E-state index in [2.05, 4.69) is 10.3 Å². The molecule has 4 rings (SSSR count). The lowest BCUT2D eigenvalue weighted by Gasteiger charge is -2.32. The summed E-state index contributed by atoms with van der Waals surface area (Å²) in [5, 5.41) is 3.69. The average Bonchev–Trinajstić information content (AvgIpc) is 3.15. The summed E-state index contributed by atoms with van der Waals surface area (Å²) in [5.74, 6) is -0.250. The Morgan fingerprint density at radius 3 is 2.66 bits per heavy atom. The van der Waals surface area contributed by atoms with Crippen LogP contribution in [0.1, 0.15) is 41.6 Å². The van der Waals surface area contributed by atoms with Crippen LogP contribution in [0.25, 0.3) is 10.2 Å². The minimum absolute atomic E-state index is 0.00512. The number of rotatable bonds is 5. The number of thiazole rings is 1. The van der Waals surface area contributed by atoms with Crippen molar-refractivity contribution in [2.45, 2.75) is 43.7 Å². The predicted molar refractivity (Wildman–Crippen MR) is 114 cm³/mol. The fourth-order valence-corrected chi connectivity index (χ4v) is 6.20. The first-order chi connectivity index (χ1) is 13.9. The van der Waals surface area contributed by atoms with E-state index >= 15 is 0 Å². The van der Waals surface area contributed by atoms with Gasteiger partial charge in [-0.05, 0) is 56.2 Å². The van der Waals surface area contributed by atoms with Gasteiger partial charge in [-0.3, -0.25) is 4.79 Å². The molecule has 152 valence electrons. The van der Waals surface area contributed by atoms with Crippen LogP contribution in [0.3, 0.4) is 0 Å². The summed E-state index contributed by atoms with van der Waals surface area (Å²) in [7, 11) is -3.53. The molecule has 2 heterocycles. The Hall–Kier alpha value is -2.29. The molecule has 1 saturated heterocycles. The third-order valence-electron chi connectivity index (χ3n) is 5.20. The quantitative estimate of drug-likeness (QED) is 0.669. The highest BCUT2D eigenvalue weighted by Gasteiger charge is 2.30. The van der Waals surface area contributed by atoms with Crippen LogP contribution < -0.4 is 5.32 Å². The Kier molecular flexibility index (Phi) is 5.67. The Balaban J connectivity index is 1.43. The van der Waals surface area contributed by atoms with Crippen molar-refractivity contribution >= 4 is 37.5 Å². The molecule has 8 heteroatoms. The number of fused-ring (bicyclic) bond motifs is 1. The van der Waals surface area contributed by atoms with E-state index in [1.807, 2.05) is 31.2 Å². The second-order valence-corrected chi connectivity index (χ2v) is 10.2. The van der Waals surface area contributed by atoms with Crippen molar-refractivity contribution in [3.05, 3.63) is 59.1 Å². The molecular formula is C21H23N3O3S2. The maximum atomic E-state index is 12.9. The summed E-state index contributed by atoms with van der Waals surface area (Å²) >= 11 is 1.55. The van der Waals surface area contributed by atoms with E-state index in [-0.39, 0.29) is 16.8 Å². The average molecular weight is 430 g/mol. The van der Waals surface area contributed by atoms with Gasteiger partial charge in [0.15, 0.2) is 0 Å². The highest BCUT2D eigenvalue weighted by molar-refractivity contribution is 7.89. The van der Waals surface area contributed by atoms with E-state index in [4.69, 9.17) is 0 Å². The summed E-state index contributed by atoms with van der Waals surface area (Å²) in [4.78, 5) is 17.2. The molecule has 1 aliphatic rings. The molecule has 1 aromatic heterocycles. The number of hydrogen-bond donors (Lipinski definition) is 1. The number of piperidine rings is 1. The molecule has 0 aliphatic carbocycles. The van der Waals surface area contributed by atoms with E-state index < -0.39 is 10.0 Å². The van der Waals surface area contributed by atoms with Crippen LogP contribution in [0.4, 0.5) is 0 Å². The predicted octanol–water partition coefficient (Wildman–Crippen LogP) is 3.79. The fraction of sp³-hybridized carbons (Fsp3) is 0.333. The van der Waals surface area contributed by atoms with Gasteiger partial charge in [0.05, 0.1) is 21.7 Å². The SMILES string of the molecule is CC1CCCCN1S(=O)(=O)c1ccc(C(=O)NCc2nc3ccccc3s2)cc1. The Morgan fingerprint density at radius 2 is 1.93 bits per heavy atom. The summed E-state index contributed by atoms with van der Waals surface area (Å²) in [6.07, 6.45) is 2.82. The van der Waals surface area contributed by atoms with Gasteiger partial charge >= 0.3 is 0 Å². The minimum atomic E-state index is -3.53. The number of aromatic nitrogens is 1. The molecule has 1 N–H and O–H groups in total. The molecule has 1 atom stereocenters. The zero-order valence-corrected chi connectivity index (χ0v) is 17.8. The molecule has 3 aromatic rings.